The molecule has 21 heavy (non-hydrogen) atoms. The molecule has 0 spiro atoms. The molecular weight excluding hydrogens is 345 g/mol. The van der Waals surface area contributed by atoms with E-state index in [1.165, 1.54) is 0 Å². The molecule has 0 bridgehead atoms. The summed E-state index contributed by atoms with van der Waals surface area (Å²) < 4.78 is 38.9. The molecule has 2 aromatic rings. The lowest BCUT2D eigenvalue weighted by Gasteiger charge is -2.07. The van der Waals surface area contributed by atoms with Gasteiger partial charge in [0.2, 0.25) is 0 Å². The van der Waals surface area contributed by atoms with Crippen LogP contribution in [0.1, 0.15) is 0 Å². The number of nitrogens with zero attached hydrogens (tertiary/aromatic N) is 1. The minimum Gasteiger partial charge on any atom is -0.385 e. The third-order valence-corrected chi connectivity index (χ3v) is 5.46. The molecule has 0 radical (unpaired) electrons. The van der Waals surface area contributed by atoms with Gasteiger partial charge in [-0.15, -0.1) is 0 Å². The van der Waals surface area contributed by atoms with Crippen molar-refractivity contribution in [2.24, 2.45) is 0 Å². The molecule has 1 aromatic carbocycles. The quantitative estimate of drug-likeness (QED) is 0.649. The van der Waals surface area contributed by atoms with Gasteiger partial charge in [0, 0.05) is 6.07 Å². The van der Waals surface area contributed by atoms with E-state index in [4.69, 9.17) is 17.3 Å². The van der Waals surface area contributed by atoms with E-state index >= 15 is 0 Å². The molecule has 3 N–H and O–H groups in total. The molecule has 7 nitrogen and oxygen atoms in total. The summed E-state index contributed by atoms with van der Waals surface area (Å²) in [6, 6.07) is 3.94. The third kappa shape index (κ3) is 3.23. The fourth-order valence-corrected chi connectivity index (χ4v) is 3.98. The fraction of sp³-hybridized carbons (Fsp3) is 0. The maximum Gasteiger partial charge on any atom is 0.304 e. The lowest BCUT2D eigenvalue weighted by Crippen LogP contribution is -2.11. The summed E-state index contributed by atoms with van der Waals surface area (Å²) in [6.45, 7) is 0. The number of hydrogen-bond donors (Lipinski definition) is 2. The monoisotopic (exact) mass is 351 g/mol. The Morgan fingerprint density at radius 1 is 1.38 bits per heavy atom. The van der Waals surface area contributed by atoms with E-state index in [0.29, 0.717) is 11.3 Å². The molecule has 0 aliphatic rings. The average molecular weight is 352 g/mol. The van der Waals surface area contributed by atoms with Gasteiger partial charge in [-0.2, -0.15) is 0 Å². The Bertz CT molecular complexity index is 822. The highest BCUT2D eigenvalue weighted by atomic mass is 35.5. The Morgan fingerprint density at radius 2 is 2.05 bits per heavy atom. The number of hydrogen-bond acceptors (Lipinski definition) is 6. The first-order chi connectivity index (χ1) is 9.70. The Kier molecular flexibility index (Phi) is 4.03. The van der Waals surface area contributed by atoms with E-state index in [0.717, 1.165) is 24.3 Å². The van der Waals surface area contributed by atoms with Gasteiger partial charge in [0.1, 0.15) is 10.0 Å². The highest BCUT2D eigenvalue weighted by molar-refractivity contribution is 7.94. The number of halogens is 2. The van der Waals surface area contributed by atoms with E-state index < -0.39 is 26.5 Å². The van der Waals surface area contributed by atoms with Crippen molar-refractivity contribution in [2.75, 3.05) is 10.5 Å². The standard InChI is InChI=1S/C10H7ClFN3O4S2/c11-6-3-5(12)1-2-7(6)14-21(18,19)9-4-8(15(16)17)10(13)20-9/h1-4,14H,13H2. The number of sulfonamides is 1. The molecule has 2 rings (SSSR count). The molecule has 112 valence electrons. The minimum absolute atomic E-state index is 0.0484. The van der Waals surface area contributed by atoms with E-state index in [9.17, 15) is 22.9 Å². The molecule has 0 saturated heterocycles. The van der Waals surface area contributed by atoms with Crippen molar-refractivity contribution < 1.29 is 17.7 Å². The SMILES string of the molecule is Nc1sc(S(=O)(=O)Nc2ccc(F)cc2Cl)cc1[N+](=O)[O-]. The lowest BCUT2D eigenvalue weighted by molar-refractivity contribution is -0.383. The van der Waals surface area contributed by atoms with Gasteiger partial charge < -0.3 is 5.73 Å². The van der Waals surface area contributed by atoms with Gasteiger partial charge in [-0.25, -0.2) is 12.8 Å². The number of nitrogens with two attached hydrogens (primary N) is 1. The van der Waals surface area contributed by atoms with E-state index in [1.54, 1.807) is 0 Å². The van der Waals surface area contributed by atoms with Crippen LogP contribution in [0.5, 0.6) is 0 Å². The van der Waals surface area contributed by atoms with Gasteiger partial charge in [0.15, 0.2) is 5.00 Å². The molecule has 0 fully saturated rings. The lowest BCUT2D eigenvalue weighted by atomic mass is 10.3. The van der Waals surface area contributed by atoms with Gasteiger partial charge in [-0.1, -0.05) is 22.9 Å². The molecule has 0 unspecified atom stereocenters. The molecule has 1 heterocycles. The van der Waals surface area contributed by atoms with Crippen molar-refractivity contribution in [1.29, 1.82) is 0 Å². The van der Waals surface area contributed by atoms with Crippen LogP contribution in [0.2, 0.25) is 5.02 Å². The summed E-state index contributed by atoms with van der Waals surface area (Å²) in [5, 5.41) is 10.3. The van der Waals surface area contributed by atoms with Crippen molar-refractivity contribution >= 4 is 49.3 Å². The summed E-state index contributed by atoms with van der Waals surface area (Å²) in [5.41, 5.74) is 4.85. The number of benzene rings is 1. The normalized spacial score (nSPS) is 11.3. The van der Waals surface area contributed by atoms with Crippen LogP contribution in [-0.4, -0.2) is 13.3 Å². The number of nitrogen functional groups attached to an aromatic ring is 1. The first kappa shape index (κ1) is 15.5. The zero-order chi connectivity index (χ0) is 15.8. The summed E-state index contributed by atoms with van der Waals surface area (Å²) in [6.07, 6.45) is 0. The smallest absolute Gasteiger partial charge is 0.304 e. The first-order valence-electron chi connectivity index (χ1n) is 5.22. The number of nitrogens with one attached hydrogen (secondary N) is 1. The topological polar surface area (TPSA) is 115 Å². The average Bonchev–Trinajstić information content (AvgIpc) is 2.76. The number of nitro groups is 1. The van der Waals surface area contributed by atoms with Crippen molar-refractivity contribution in [3.63, 3.8) is 0 Å². The Morgan fingerprint density at radius 3 is 2.57 bits per heavy atom. The predicted molar refractivity (Wildman–Crippen MR) is 77.6 cm³/mol. The van der Waals surface area contributed by atoms with Crippen molar-refractivity contribution in [3.8, 4) is 0 Å². The zero-order valence-electron chi connectivity index (χ0n) is 10.0. The summed E-state index contributed by atoms with van der Waals surface area (Å²) >= 11 is 6.26. The largest absolute Gasteiger partial charge is 0.385 e. The van der Waals surface area contributed by atoms with Crippen LogP contribution >= 0.6 is 22.9 Å². The van der Waals surface area contributed by atoms with Gasteiger partial charge in [0.25, 0.3) is 10.0 Å². The van der Waals surface area contributed by atoms with Crippen LogP contribution in [0.25, 0.3) is 0 Å². The number of thiophene rings is 1. The molecule has 1 aromatic heterocycles. The van der Waals surface area contributed by atoms with Crippen LogP contribution in [-0.2, 0) is 10.0 Å². The summed E-state index contributed by atoms with van der Waals surface area (Å²) in [7, 11) is -4.11. The molecule has 0 amide bonds. The maximum absolute atomic E-state index is 12.9. The molecule has 0 aliphatic heterocycles. The molecular formula is C10H7ClFN3O4S2. The van der Waals surface area contributed by atoms with E-state index in [1.807, 2.05) is 0 Å². The van der Waals surface area contributed by atoms with Crippen LogP contribution in [0.3, 0.4) is 0 Å². The second kappa shape index (κ2) is 5.47. The van der Waals surface area contributed by atoms with E-state index in [-0.39, 0.29) is 19.9 Å². The van der Waals surface area contributed by atoms with Crippen molar-refractivity contribution in [2.45, 2.75) is 4.21 Å². The van der Waals surface area contributed by atoms with Crippen molar-refractivity contribution in [3.05, 3.63) is 45.2 Å². The van der Waals surface area contributed by atoms with Gasteiger partial charge >= 0.3 is 5.69 Å². The molecule has 0 saturated carbocycles. The first-order valence-corrected chi connectivity index (χ1v) is 7.90. The summed E-state index contributed by atoms with van der Waals surface area (Å²) in [5.74, 6) is -0.626. The molecule has 0 aliphatic carbocycles. The number of rotatable bonds is 4. The Labute approximate surface area is 127 Å². The third-order valence-electron chi connectivity index (χ3n) is 2.35. The predicted octanol–water partition coefficient (Wildman–Crippen LogP) is 2.83. The second-order valence-corrected chi connectivity index (χ2v) is 7.20. The zero-order valence-corrected chi connectivity index (χ0v) is 12.4. The van der Waals surface area contributed by atoms with Gasteiger partial charge in [-0.3, -0.25) is 14.8 Å². The Hall–Kier alpha value is -1.91. The number of anilines is 2. The minimum atomic E-state index is -4.11. The Balaban J connectivity index is 2.38. The van der Waals surface area contributed by atoms with Crippen LogP contribution in [0.4, 0.5) is 20.8 Å². The van der Waals surface area contributed by atoms with Gasteiger partial charge in [-0.05, 0) is 18.2 Å². The van der Waals surface area contributed by atoms with Crippen molar-refractivity contribution in [1.82, 2.24) is 0 Å². The molecule has 0 atom stereocenters. The van der Waals surface area contributed by atoms with Crippen LogP contribution in [0.15, 0.2) is 28.5 Å². The van der Waals surface area contributed by atoms with E-state index in [2.05, 4.69) is 4.72 Å². The highest BCUT2D eigenvalue weighted by Gasteiger charge is 2.25. The summed E-state index contributed by atoms with van der Waals surface area (Å²) in [4.78, 5) is 9.88. The highest BCUT2D eigenvalue weighted by Crippen LogP contribution is 2.35. The van der Waals surface area contributed by atoms with Crippen LogP contribution < -0.4 is 10.5 Å². The fourth-order valence-electron chi connectivity index (χ4n) is 1.42. The second-order valence-electron chi connectivity index (χ2n) is 3.80. The van der Waals surface area contributed by atoms with Crippen LogP contribution in [0, 0.1) is 15.9 Å². The van der Waals surface area contributed by atoms with Gasteiger partial charge in [0.05, 0.1) is 15.6 Å². The molecule has 11 heteroatoms. The maximum atomic E-state index is 12.9.